The molecule has 3 N–H and O–H groups in total. The van der Waals surface area contributed by atoms with Gasteiger partial charge in [-0.3, -0.25) is 14.4 Å². The van der Waals surface area contributed by atoms with Gasteiger partial charge in [-0.2, -0.15) is 0 Å². The Kier molecular flexibility index (Phi) is 5.83. The molecule has 0 saturated heterocycles. The monoisotopic (exact) mass is 417 g/mol. The second-order valence-electron chi connectivity index (χ2n) is 6.40. The standard InChI is InChI=1S/C19H19N3O6S/c20-17(23)11-28-15-7-5-13(6-8-15)9-21-18(24)10-22-19(25)16-4-2-1-3-14(16)12-29(22,26)27/h1-8H,9-12H2,(H2,20,23)(H,21,24). The van der Waals surface area contributed by atoms with Crippen molar-refractivity contribution >= 4 is 27.7 Å². The normalized spacial score (nSPS) is 14.8. The van der Waals surface area contributed by atoms with Crippen molar-refractivity contribution in [3.8, 4) is 5.75 Å². The van der Waals surface area contributed by atoms with Crippen LogP contribution in [0.5, 0.6) is 5.75 Å². The minimum atomic E-state index is -3.91. The zero-order valence-corrected chi connectivity index (χ0v) is 16.1. The van der Waals surface area contributed by atoms with Crippen molar-refractivity contribution in [2.75, 3.05) is 13.2 Å². The quantitative estimate of drug-likeness (QED) is 0.658. The molecule has 0 atom stereocenters. The number of carbonyl (C=O) groups is 3. The number of nitrogens with one attached hydrogen (secondary N) is 1. The number of fused-ring (bicyclic) bond motifs is 1. The number of hydrogen-bond donors (Lipinski definition) is 2. The molecule has 0 aliphatic carbocycles. The van der Waals surface area contributed by atoms with Crippen LogP contribution in [-0.4, -0.2) is 43.6 Å². The molecule has 0 bridgehead atoms. The maximum atomic E-state index is 12.5. The van der Waals surface area contributed by atoms with Gasteiger partial charge in [0.05, 0.1) is 5.75 Å². The largest absolute Gasteiger partial charge is 0.484 e. The van der Waals surface area contributed by atoms with Gasteiger partial charge in [0.1, 0.15) is 12.3 Å². The topological polar surface area (TPSA) is 136 Å². The lowest BCUT2D eigenvalue weighted by Gasteiger charge is -2.27. The molecule has 0 unspecified atom stereocenters. The first-order valence-corrected chi connectivity index (χ1v) is 10.3. The summed E-state index contributed by atoms with van der Waals surface area (Å²) in [7, 11) is -3.91. The Labute approximate surface area is 167 Å². The maximum absolute atomic E-state index is 12.5. The number of nitrogens with zero attached hydrogens (tertiary/aromatic N) is 1. The summed E-state index contributed by atoms with van der Waals surface area (Å²) in [5.41, 5.74) is 6.43. The van der Waals surface area contributed by atoms with Crippen LogP contribution in [0.25, 0.3) is 0 Å². The van der Waals surface area contributed by atoms with E-state index < -0.39 is 34.3 Å². The molecule has 1 aliphatic rings. The number of hydrogen-bond acceptors (Lipinski definition) is 6. The minimum Gasteiger partial charge on any atom is -0.484 e. The molecule has 1 heterocycles. The van der Waals surface area contributed by atoms with Gasteiger partial charge >= 0.3 is 0 Å². The summed E-state index contributed by atoms with van der Waals surface area (Å²) < 4.78 is 30.5. The molecule has 0 radical (unpaired) electrons. The Hall–Kier alpha value is -3.40. The third-order valence-electron chi connectivity index (χ3n) is 4.23. The van der Waals surface area contributed by atoms with Crippen molar-refractivity contribution < 1.29 is 27.5 Å². The molecule has 0 fully saturated rings. The molecule has 0 aromatic heterocycles. The number of ether oxygens (including phenoxy) is 1. The van der Waals surface area contributed by atoms with E-state index in [2.05, 4.69) is 5.32 Å². The summed E-state index contributed by atoms with van der Waals surface area (Å²) in [5.74, 6) is -1.78. The van der Waals surface area contributed by atoms with E-state index in [9.17, 15) is 22.8 Å². The minimum absolute atomic E-state index is 0.133. The molecule has 10 heteroatoms. The van der Waals surface area contributed by atoms with Gasteiger partial charge in [-0.25, -0.2) is 12.7 Å². The summed E-state index contributed by atoms with van der Waals surface area (Å²) in [5, 5.41) is 2.59. The van der Waals surface area contributed by atoms with Crippen LogP contribution in [0.2, 0.25) is 0 Å². The van der Waals surface area contributed by atoms with Gasteiger partial charge in [-0.05, 0) is 29.3 Å². The fourth-order valence-electron chi connectivity index (χ4n) is 2.81. The molecule has 152 valence electrons. The van der Waals surface area contributed by atoms with Crippen LogP contribution in [0, 0.1) is 0 Å². The van der Waals surface area contributed by atoms with E-state index in [1.54, 1.807) is 48.5 Å². The maximum Gasteiger partial charge on any atom is 0.268 e. The average molecular weight is 417 g/mol. The lowest BCUT2D eigenvalue weighted by Crippen LogP contribution is -2.47. The Morgan fingerprint density at radius 3 is 2.48 bits per heavy atom. The highest BCUT2D eigenvalue weighted by molar-refractivity contribution is 7.89. The third kappa shape index (κ3) is 4.91. The van der Waals surface area contributed by atoms with Crippen molar-refractivity contribution in [1.29, 1.82) is 0 Å². The van der Waals surface area contributed by atoms with Gasteiger partial charge in [0, 0.05) is 12.1 Å². The fraction of sp³-hybridized carbons (Fsp3) is 0.211. The molecule has 1 aliphatic heterocycles. The van der Waals surface area contributed by atoms with Gasteiger partial charge in [0.15, 0.2) is 6.61 Å². The smallest absolute Gasteiger partial charge is 0.268 e. The first-order chi connectivity index (χ1) is 13.8. The van der Waals surface area contributed by atoms with E-state index in [1.165, 1.54) is 0 Å². The van der Waals surface area contributed by atoms with Crippen molar-refractivity contribution in [2.45, 2.75) is 12.3 Å². The van der Waals surface area contributed by atoms with Crippen molar-refractivity contribution in [3.63, 3.8) is 0 Å². The lowest BCUT2D eigenvalue weighted by atomic mass is 10.1. The van der Waals surface area contributed by atoms with Crippen LogP contribution >= 0.6 is 0 Å². The lowest BCUT2D eigenvalue weighted by molar-refractivity contribution is -0.121. The molecule has 2 aromatic carbocycles. The van der Waals surface area contributed by atoms with Crippen LogP contribution in [0.1, 0.15) is 21.5 Å². The summed E-state index contributed by atoms with van der Waals surface area (Å²) in [6.07, 6.45) is 0. The Bertz CT molecular complexity index is 1050. The number of primary amides is 1. The van der Waals surface area contributed by atoms with Crippen molar-refractivity contribution in [1.82, 2.24) is 9.62 Å². The number of carbonyl (C=O) groups excluding carboxylic acids is 3. The Morgan fingerprint density at radius 2 is 1.79 bits per heavy atom. The molecule has 3 amide bonds. The van der Waals surface area contributed by atoms with Crippen LogP contribution in [0.15, 0.2) is 48.5 Å². The van der Waals surface area contributed by atoms with Crippen LogP contribution in [0.4, 0.5) is 0 Å². The molecule has 3 rings (SSSR count). The molecule has 9 nitrogen and oxygen atoms in total. The Morgan fingerprint density at radius 1 is 1.10 bits per heavy atom. The average Bonchev–Trinajstić information content (AvgIpc) is 2.68. The molecule has 0 saturated carbocycles. The number of rotatable bonds is 7. The third-order valence-corrected chi connectivity index (χ3v) is 5.87. The van der Waals surface area contributed by atoms with E-state index in [4.69, 9.17) is 10.5 Å². The first-order valence-electron chi connectivity index (χ1n) is 8.65. The zero-order chi connectivity index (χ0) is 21.0. The van der Waals surface area contributed by atoms with Gasteiger partial charge in [-0.1, -0.05) is 30.3 Å². The Balaban J connectivity index is 1.59. The number of sulfonamides is 1. The van der Waals surface area contributed by atoms with E-state index in [0.717, 1.165) is 5.56 Å². The van der Waals surface area contributed by atoms with E-state index in [-0.39, 0.29) is 24.5 Å². The predicted molar refractivity (Wildman–Crippen MR) is 103 cm³/mol. The summed E-state index contributed by atoms with van der Waals surface area (Å²) in [6.45, 7) is -0.694. The van der Waals surface area contributed by atoms with Crippen LogP contribution in [0.3, 0.4) is 0 Å². The zero-order valence-electron chi connectivity index (χ0n) is 15.3. The highest BCUT2D eigenvalue weighted by Crippen LogP contribution is 2.24. The molecule has 2 aromatic rings. The van der Waals surface area contributed by atoms with Gasteiger partial charge in [0.25, 0.3) is 11.8 Å². The molecule has 0 spiro atoms. The second kappa shape index (κ2) is 8.31. The van der Waals surface area contributed by atoms with E-state index >= 15 is 0 Å². The highest BCUT2D eigenvalue weighted by atomic mass is 32.2. The summed E-state index contributed by atoms with van der Waals surface area (Å²) in [4.78, 5) is 35.4. The molecular formula is C19H19N3O6S. The van der Waals surface area contributed by atoms with Crippen molar-refractivity contribution in [2.24, 2.45) is 5.73 Å². The van der Waals surface area contributed by atoms with E-state index in [1.807, 2.05) is 0 Å². The number of nitrogens with two attached hydrogens (primary N) is 1. The number of benzene rings is 2. The van der Waals surface area contributed by atoms with E-state index in [0.29, 0.717) is 15.6 Å². The van der Waals surface area contributed by atoms with Crippen molar-refractivity contribution in [3.05, 3.63) is 65.2 Å². The highest BCUT2D eigenvalue weighted by Gasteiger charge is 2.36. The summed E-state index contributed by atoms with van der Waals surface area (Å²) in [6, 6.07) is 13.0. The summed E-state index contributed by atoms with van der Waals surface area (Å²) >= 11 is 0. The fourth-order valence-corrected chi connectivity index (χ4v) is 4.27. The predicted octanol–water partition coefficient (Wildman–Crippen LogP) is 0.153. The SMILES string of the molecule is NC(=O)COc1ccc(CNC(=O)CN2C(=O)c3ccccc3CS2(=O)=O)cc1. The van der Waals surface area contributed by atoms with Gasteiger partial charge in [0.2, 0.25) is 15.9 Å². The van der Waals surface area contributed by atoms with Gasteiger partial charge < -0.3 is 15.8 Å². The second-order valence-corrected chi connectivity index (χ2v) is 8.29. The number of amides is 3. The molecule has 29 heavy (non-hydrogen) atoms. The molecular weight excluding hydrogens is 398 g/mol. The van der Waals surface area contributed by atoms with Crippen LogP contribution in [-0.2, 0) is 31.9 Å². The first kappa shape index (κ1) is 20.3. The van der Waals surface area contributed by atoms with Gasteiger partial charge in [-0.15, -0.1) is 0 Å². The van der Waals surface area contributed by atoms with Crippen LogP contribution < -0.4 is 15.8 Å².